The largest absolute Gasteiger partial charge is 0.491 e. The van der Waals surface area contributed by atoms with Crippen molar-refractivity contribution < 1.29 is 9.13 Å². The molecule has 134 valence electrons. The van der Waals surface area contributed by atoms with E-state index in [1.165, 1.54) is 6.07 Å². The third-order valence-corrected chi connectivity index (χ3v) is 5.32. The highest BCUT2D eigenvalue weighted by atomic mass is 35.5. The molecule has 0 atom stereocenters. The van der Waals surface area contributed by atoms with Gasteiger partial charge >= 0.3 is 0 Å². The van der Waals surface area contributed by atoms with Gasteiger partial charge in [-0.2, -0.15) is 0 Å². The second-order valence-corrected chi connectivity index (χ2v) is 7.48. The maximum Gasteiger partial charge on any atom is 0.191 e. The normalized spacial score (nSPS) is 13.8. The fraction of sp³-hybridized carbons (Fsp3) is 0.263. The molecule has 1 aliphatic carbocycles. The zero-order chi connectivity index (χ0) is 17.9. The quantitative estimate of drug-likeness (QED) is 0.409. The molecular weight excluding hydrogens is 373 g/mol. The van der Waals surface area contributed by atoms with Crippen LogP contribution in [0.5, 0.6) is 5.75 Å². The summed E-state index contributed by atoms with van der Waals surface area (Å²) in [6.45, 7) is 0.501. The van der Waals surface area contributed by atoms with Gasteiger partial charge in [-0.25, -0.2) is 4.39 Å². The zero-order valence-electron chi connectivity index (χ0n) is 13.9. The van der Waals surface area contributed by atoms with Crippen molar-refractivity contribution >= 4 is 23.4 Å². The minimum absolute atomic E-state index is 0.277. The molecule has 0 aliphatic heterocycles. The number of thioether (sulfide) groups is 1. The van der Waals surface area contributed by atoms with Crippen LogP contribution in [-0.2, 0) is 0 Å². The van der Waals surface area contributed by atoms with Crippen LogP contribution in [0.4, 0.5) is 4.39 Å². The summed E-state index contributed by atoms with van der Waals surface area (Å²) < 4.78 is 21.9. The third-order valence-electron chi connectivity index (χ3n) is 4.10. The highest BCUT2D eigenvalue weighted by Crippen LogP contribution is 2.41. The van der Waals surface area contributed by atoms with Crippen molar-refractivity contribution in [2.24, 2.45) is 0 Å². The molecule has 0 saturated heterocycles. The summed E-state index contributed by atoms with van der Waals surface area (Å²) in [5.41, 5.74) is 0.492. The zero-order valence-corrected chi connectivity index (χ0v) is 15.5. The molecule has 0 amide bonds. The maximum atomic E-state index is 14.2. The Hall–Kier alpha value is -2.05. The summed E-state index contributed by atoms with van der Waals surface area (Å²) in [6.07, 6.45) is 2.15. The Balaban J connectivity index is 1.46. The van der Waals surface area contributed by atoms with Gasteiger partial charge in [0.2, 0.25) is 0 Å². The minimum Gasteiger partial charge on any atom is -0.491 e. The predicted molar refractivity (Wildman–Crippen MR) is 101 cm³/mol. The van der Waals surface area contributed by atoms with E-state index in [1.807, 2.05) is 24.3 Å². The first kappa shape index (κ1) is 17.4. The molecule has 0 unspecified atom stereocenters. The summed E-state index contributed by atoms with van der Waals surface area (Å²) in [5, 5.41) is 9.93. The van der Waals surface area contributed by atoms with Crippen molar-refractivity contribution in [1.29, 1.82) is 0 Å². The number of para-hydroxylation sites is 1. The van der Waals surface area contributed by atoms with Crippen LogP contribution in [0.3, 0.4) is 0 Å². The van der Waals surface area contributed by atoms with Gasteiger partial charge in [-0.05, 0) is 37.1 Å². The first-order valence-electron chi connectivity index (χ1n) is 8.44. The molecule has 7 heteroatoms. The Morgan fingerprint density at radius 3 is 2.65 bits per heavy atom. The maximum absolute atomic E-state index is 14.2. The third kappa shape index (κ3) is 3.71. The van der Waals surface area contributed by atoms with Gasteiger partial charge in [0.25, 0.3) is 0 Å². The number of halogens is 2. The van der Waals surface area contributed by atoms with E-state index in [1.54, 1.807) is 30.0 Å². The van der Waals surface area contributed by atoms with E-state index in [-0.39, 0.29) is 5.82 Å². The van der Waals surface area contributed by atoms with Crippen LogP contribution in [0, 0.1) is 5.82 Å². The van der Waals surface area contributed by atoms with Gasteiger partial charge in [0.05, 0.1) is 17.2 Å². The fourth-order valence-electron chi connectivity index (χ4n) is 2.71. The SMILES string of the molecule is Fc1ccccc1-c1nnc(SCCOc2ccccc2Cl)n1C1CC1. The van der Waals surface area contributed by atoms with Crippen molar-refractivity contribution in [2.45, 2.75) is 24.0 Å². The average molecular weight is 390 g/mol. The lowest BCUT2D eigenvalue weighted by Crippen LogP contribution is -2.04. The second kappa shape index (κ2) is 7.68. The summed E-state index contributed by atoms with van der Waals surface area (Å²) in [5.74, 6) is 1.69. The van der Waals surface area contributed by atoms with Crippen LogP contribution >= 0.6 is 23.4 Å². The number of nitrogens with zero attached hydrogens (tertiary/aromatic N) is 3. The Morgan fingerprint density at radius 1 is 1.12 bits per heavy atom. The Kier molecular flexibility index (Phi) is 5.13. The van der Waals surface area contributed by atoms with Crippen LogP contribution in [0.25, 0.3) is 11.4 Å². The average Bonchev–Trinajstić information content (AvgIpc) is 3.40. The molecule has 4 nitrogen and oxygen atoms in total. The van der Waals surface area contributed by atoms with Gasteiger partial charge in [0, 0.05) is 11.8 Å². The van der Waals surface area contributed by atoms with Gasteiger partial charge < -0.3 is 4.74 Å². The van der Waals surface area contributed by atoms with E-state index in [9.17, 15) is 4.39 Å². The minimum atomic E-state index is -0.277. The molecule has 0 spiro atoms. The molecule has 4 rings (SSSR count). The van der Waals surface area contributed by atoms with E-state index in [0.717, 1.165) is 18.0 Å². The molecule has 2 aromatic carbocycles. The molecule has 1 fully saturated rings. The van der Waals surface area contributed by atoms with Crippen molar-refractivity contribution in [2.75, 3.05) is 12.4 Å². The fourth-order valence-corrected chi connectivity index (χ4v) is 3.72. The summed E-state index contributed by atoms with van der Waals surface area (Å²) >= 11 is 7.65. The van der Waals surface area contributed by atoms with E-state index in [4.69, 9.17) is 16.3 Å². The molecule has 3 aromatic rings. The van der Waals surface area contributed by atoms with Gasteiger partial charge in [-0.1, -0.05) is 47.6 Å². The molecule has 1 aromatic heterocycles. The molecule has 1 heterocycles. The lowest BCUT2D eigenvalue weighted by molar-refractivity contribution is 0.344. The number of aromatic nitrogens is 3. The number of hydrogen-bond donors (Lipinski definition) is 0. The van der Waals surface area contributed by atoms with Crippen LogP contribution in [-0.4, -0.2) is 27.1 Å². The van der Waals surface area contributed by atoms with E-state index < -0.39 is 0 Å². The molecule has 0 bridgehead atoms. The Morgan fingerprint density at radius 2 is 1.88 bits per heavy atom. The van der Waals surface area contributed by atoms with E-state index in [2.05, 4.69) is 14.8 Å². The molecule has 1 aliphatic rings. The highest BCUT2D eigenvalue weighted by Gasteiger charge is 2.30. The summed E-state index contributed by atoms with van der Waals surface area (Å²) in [4.78, 5) is 0. The summed E-state index contributed by atoms with van der Waals surface area (Å²) in [6, 6.07) is 14.4. The van der Waals surface area contributed by atoms with Crippen LogP contribution < -0.4 is 4.74 Å². The highest BCUT2D eigenvalue weighted by molar-refractivity contribution is 7.99. The van der Waals surface area contributed by atoms with Crippen LogP contribution in [0.15, 0.2) is 53.7 Å². The standard InChI is InChI=1S/C19H17ClFN3OS/c20-15-6-2-4-8-17(15)25-11-12-26-19-23-22-18(24(19)13-9-10-13)14-5-1-3-7-16(14)21/h1-8,13H,9-12H2. The van der Waals surface area contributed by atoms with E-state index >= 15 is 0 Å². The van der Waals surface area contributed by atoms with Crippen molar-refractivity contribution in [3.63, 3.8) is 0 Å². The van der Waals surface area contributed by atoms with Crippen LogP contribution in [0.1, 0.15) is 18.9 Å². The van der Waals surface area contributed by atoms with Crippen molar-refractivity contribution in [3.8, 4) is 17.1 Å². The van der Waals surface area contributed by atoms with Crippen molar-refractivity contribution in [1.82, 2.24) is 14.8 Å². The molecule has 0 N–H and O–H groups in total. The van der Waals surface area contributed by atoms with Crippen molar-refractivity contribution in [3.05, 3.63) is 59.4 Å². The van der Waals surface area contributed by atoms with Crippen LogP contribution in [0.2, 0.25) is 5.02 Å². The molecule has 1 saturated carbocycles. The number of benzene rings is 2. The number of ether oxygens (including phenoxy) is 1. The predicted octanol–water partition coefficient (Wildman–Crippen LogP) is 5.24. The van der Waals surface area contributed by atoms with Gasteiger partial charge in [-0.3, -0.25) is 4.57 Å². The first-order valence-corrected chi connectivity index (χ1v) is 9.80. The second-order valence-electron chi connectivity index (χ2n) is 6.01. The van der Waals surface area contributed by atoms with Gasteiger partial charge in [-0.15, -0.1) is 10.2 Å². The molecular formula is C19H17ClFN3OS. The van der Waals surface area contributed by atoms with E-state index in [0.29, 0.717) is 40.6 Å². The first-order chi connectivity index (χ1) is 12.7. The topological polar surface area (TPSA) is 39.9 Å². The number of hydrogen-bond acceptors (Lipinski definition) is 4. The molecule has 0 radical (unpaired) electrons. The summed E-state index contributed by atoms with van der Waals surface area (Å²) in [7, 11) is 0. The lowest BCUT2D eigenvalue weighted by Gasteiger charge is -2.10. The monoisotopic (exact) mass is 389 g/mol. The van der Waals surface area contributed by atoms with Gasteiger partial charge in [0.15, 0.2) is 11.0 Å². The Bertz CT molecular complexity index is 913. The number of rotatable bonds is 7. The lowest BCUT2D eigenvalue weighted by atomic mass is 10.2. The Labute approximate surface area is 160 Å². The van der Waals surface area contributed by atoms with Gasteiger partial charge in [0.1, 0.15) is 11.6 Å². The smallest absolute Gasteiger partial charge is 0.191 e. The molecule has 26 heavy (non-hydrogen) atoms.